The van der Waals surface area contributed by atoms with Crippen LogP contribution in [0.4, 0.5) is 0 Å². The van der Waals surface area contributed by atoms with E-state index < -0.39 is 21.8 Å². The Morgan fingerprint density at radius 3 is 2.65 bits per heavy atom. The average Bonchev–Trinajstić information content (AvgIpc) is 2.77. The van der Waals surface area contributed by atoms with Gasteiger partial charge in [-0.1, -0.05) is 13.3 Å². The molecule has 114 valence electrons. The Bertz CT molecular complexity index is 567. The highest BCUT2D eigenvalue weighted by atomic mass is 79.9. The molecular weight excluding hydrogens is 354 g/mol. The Morgan fingerprint density at radius 1 is 1.55 bits per heavy atom. The lowest BCUT2D eigenvalue weighted by Gasteiger charge is -2.13. The normalized spacial score (nSPS) is 13.3. The molecule has 0 amide bonds. The lowest BCUT2D eigenvalue weighted by atomic mass is 10.0. The summed E-state index contributed by atoms with van der Waals surface area (Å²) < 4.78 is 31.1. The van der Waals surface area contributed by atoms with Gasteiger partial charge in [-0.05, 0) is 28.3 Å². The van der Waals surface area contributed by atoms with Crippen molar-refractivity contribution in [2.24, 2.45) is 5.92 Å². The van der Waals surface area contributed by atoms with Gasteiger partial charge in [0, 0.05) is 19.2 Å². The van der Waals surface area contributed by atoms with E-state index in [1.165, 1.54) is 0 Å². The third kappa shape index (κ3) is 4.30. The van der Waals surface area contributed by atoms with Crippen LogP contribution in [0.15, 0.2) is 20.0 Å². The highest BCUT2D eigenvalue weighted by Gasteiger charge is 2.25. The molecule has 0 aliphatic heterocycles. The van der Waals surface area contributed by atoms with Crippen molar-refractivity contribution in [2.45, 2.75) is 24.7 Å². The summed E-state index contributed by atoms with van der Waals surface area (Å²) in [6.07, 6.45) is 1.21. The summed E-state index contributed by atoms with van der Waals surface area (Å²) in [7, 11) is -3.86. The van der Waals surface area contributed by atoms with Gasteiger partial charge in [-0.3, -0.25) is 0 Å². The molecule has 1 aromatic rings. The highest BCUT2D eigenvalue weighted by Crippen LogP contribution is 2.26. The molecule has 9 heteroatoms. The maximum Gasteiger partial charge on any atom is 0.371 e. The fourth-order valence-electron chi connectivity index (χ4n) is 1.58. The summed E-state index contributed by atoms with van der Waals surface area (Å²) in [6.45, 7) is 2.04. The predicted octanol–water partition coefficient (Wildman–Crippen LogP) is 1.43. The Hall–Kier alpha value is -0.900. The molecule has 0 spiro atoms. The molecule has 0 aromatic carbocycles. The Morgan fingerprint density at radius 2 is 2.20 bits per heavy atom. The van der Waals surface area contributed by atoms with E-state index in [1.807, 2.05) is 6.92 Å². The number of aliphatic hydroxyl groups excluding tert-OH is 1. The molecule has 0 aliphatic carbocycles. The van der Waals surface area contributed by atoms with E-state index >= 15 is 0 Å². The largest absolute Gasteiger partial charge is 0.475 e. The molecule has 0 fully saturated rings. The van der Waals surface area contributed by atoms with E-state index in [2.05, 4.69) is 20.7 Å². The van der Waals surface area contributed by atoms with Crippen LogP contribution in [0, 0.1) is 5.92 Å². The van der Waals surface area contributed by atoms with Gasteiger partial charge in [0.25, 0.3) is 0 Å². The third-order valence-electron chi connectivity index (χ3n) is 2.83. The summed E-state index contributed by atoms with van der Waals surface area (Å²) in [5.41, 5.74) is 0. The smallest absolute Gasteiger partial charge is 0.371 e. The van der Waals surface area contributed by atoms with Gasteiger partial charge in [-0.25, -0.2) is 17.9 Å². The monoisotopic (exact) mass is 369 g/mol. The molecule has 3 N–H and O–H groups in total. The molecule has 1 aromatic heterocycles. The Kier molecular flexibility index (Phi) is 6.18. The first-order valence-corrected chi connectivity index (χ1v) is 8.22. The zero-order valence-electron chi connectivity index (χ0n) is 10.8. The number of carbonyl (C=O) groups is 1. The minimum Gasteiger partial charge on any atom is -0.475 e. The van der Waals surface area contributed by atoms with Gasteiger partial charge in [0.15, 0.2) is 4.67 Å². The van der Waals surface area contributed by atoms with Gasteiger partial charge in [0.05, 0.1) is 0 Å². The van der Waals surface area contributed by atoms with Crippen LogP contribution in [0.2, 0.25) is 0 Å². The molecule has 0 saturated carbocycles. The highest BCUT2D eigenvalue weighted by molar-refractivity contribution is 9.10. The maximum atomic E-state index is 12.1. The van der Waals surface area contributed by atoms with E-state index in [0.29, 0.717) is 6.42 Å². The van der Waals surface area contributed by atoms with Crippen molar-refractivity contribution >= 4 is 31.9 Å². The first kappa shape index (κ1) is 17.2. The molecule has 0 saturated heterocycles. The first-order valence-electron chi connectivity index (χ1n) is 5.95. The van der Waals surface area contributed by atoms with Crippen molar-refractivity contribution in [2.75, 3.05) is 13.2 Å². The first-order chi connectivity index (χ1) is 9.31. The number of halogens is 1. The van der Waals surface area contributed by atoms with E-state index in [1.54, 1.807) is 0 Å². The Labute approximate surface area is 125 Å². The quantitative estimate of drug-likeness (QED) is 0.637. The molecule has 1 heterocycles. The van der Waals surface area contributed by atoms with Crippen LogP contribution < -0.4 is 4.72 Å². The number of nitrogens with one attached hydrogen (secondary N) is 1. The topological polar surface area (TPSA) is 117 Å². The van der Waals surface area contributed by atoms with Crippen LogP contribution in [0.25, 0.3) is 0 Å². The van der Waals surface area contributed by atoms with Crippen LogP contribution >= 0.6 is 15.9 Å². The number of aromatic carboxylic acids is 1. The zero-order chi connectivity index (χ0) is 15.3. The van der Waals surface area contributed by atoms with Gasteiger partial charge >= 0.3 is 5.97 Å². The molecule has 1 unspecified atom stereocenters. The van der Waals surface area contributed by atoms with Crippen LogP contribution in [0.3, 0.4) is 0 Å². The number of rotatable bonds is 8. The minimum absolute atomic E-state index is 0.0133. The van der Waals surface area contributed by atoms with E-state index in [0.717, 1.165) is 12.5 Å². The molecule has 7 nitrogen and oxygen atoms in total. The molecule has 0 radical (unpaired) electrons. The fraction of sp³-hybridized carbons (Fsp3) is 0.545. The summed E-state index contributed by atoms with van der Waals surface area (Å²) in [5.74, 6) is -1.79. The van der Waals surface area contributed by atoms with Gasteiger partial charge < -0.3 is 14.6 Å². The van der Waals surface area contributed by atoms with Crippen LogP contribution in [0.5, 0.6) is 0 Å². The van der Waals surface area contributed by atoms with Gasteiger partial charge in [0.1, 0.15) is 4.90 Å². The summed E-state index contributed by atoms with van der Waals surface area (Å²) >= 11 is 2.89. The van der Waals surface area contributed by atoms with Crippen molar-refractivity contribution in [3.05, 3.63) is 16.5 Å². The van der Waals surface area contributed by atoms with Gasteiger partial charge in [0.2, 0.25) is 15.8 Å². The molecular formula is C11H16BrNO6S. The van der Waals surface area contributed by atoms with Crippen LogP contribution in [0.1, 0.15) is 30.3 Å². The number of aliphatic hydroxyl groups is 1. The molecule has 1 rings (SSSR count). The number of hydrogen-bond donors (Lipinski definition) is 3. The lowest BCUT2D eigenvalue weighted by molar-refractivity contribution is 0.0661. The average molecular weight is 370 g/mol. The van der Waals surface area contributed by atoms with Crippen LogP contribution in [-0.4, -0.2) is 37.8 Å². The van der Waals surface area contributed by atoms with Gasteiger partial charge in [-0.2, -0.15) is 0 Å². The number of carboxylic acids is 1. The van der Waals surface area contributed by atoms with Crippen molar-refractivity contribution in [1.82, 2.24) is 4.72 Å². The SMILES string of the molecule is CCC(CCO)CNS(=O)(=O)c1cc(C(=O)O)oc1Br. The second-order valence-corrected chi connectivity index (χ2v) is 6.65. The second kappa shape index (κ2) is 7.21. The molecule has 0 aliphatic rings. The minimum atomic E-state index is -3.86. The molecule has 1 atom stereocenters. The maximum absolute atomic E-state index is 12.1. The third-order valence-corrected chi connectivity index (χ3v) is 5.11. The van der Waals surface area contributed by atoms with Crippen molar-refractivity contribution in [3.63, 3.8) is 0 Å². The number of furan rings is 1. The van der Waals surface area contributed by atoms with Crippen LogP contribution in [-0.2, 0) is 10.0 Å². The Balaban J connectivity index is 2.86. The number of sulfonamides is 1. The number of carboxylic acid groups (broad SMARTS) is 1. The lowest BCUT2D eigenvalue weighted by Crippen LogP contribution is -2.29. The molecule has 20 heavy (non-hydrogen) atoms. The van der Waals surface area contributed by atoms with Crippen molar-refractivity contribution in [1.29, 1.82) is 0 Å². The summed E-state index contributed by atoms with van der Waals surface area (Å²) in [6, 6.07) is 0.946. The van der Waals surface area contributed by atoms with Gasteiger partial charge in [-0.15, -0.1) is 0 Å². The standard InChI is InChI=1S/C11H16BrNO6S/c1-2-7(3-4-14)6-13-20(17,18)9-5-8(11(15)16)19-10(9)12/h5,7,13-14H,2-4,6H2,1H3,(H,15,16). The predicted molar refractivity (Wildman–Crippen MR) is 74.0 cm³/mol. The second-order valence-electron chi connectivity index (χ2n) is 4.19. The van der Waals surface area contributed by atoms with E-state index in [9.17, 15) is 13.2 Å². The summed E-state index contributed by atoms with van der Waals surface area (Å²) in [5, 5.41) is 17.6. The van der Waals surface area contributed by atoms with E-state index in [-0.39, 0.29) is 28.6 Å². The van der Waals surface area contributed by atoms with Crippen molar-refractivity contribution in [3.8, 4) is 0 Å². The number of hydrogen-bond acceptors (Lipinski definition) is 5. The van der Waals surface area contributed by atoms with E-state index in [4.69, 9.17) is 14.6 Å². The molecule has 0 bridgehead atoms. The zero-order valence-corrected chi connectivity index (χ0v) is 13.2. The fourth-order valence-corrected chi connectivity index (χ4v) is 3.63. The van der Waals surface area contributed by atoms with Crippen molar-refractivity contribution < 1.29 is 27.8 Å². The summed E-state index contributed by atoms with van der Waals surface area (Å²) in [4.78, 5) is 10.5.